The van der Waals surface area contributed by atoms with Gasteiger partial charge in [0.2, 0.25) is 5.91 Å². The molecule has 0 aliphatic rings. The number of nitrogens with one attached hydrogen (secondary N) is 1. The molecule has 1 aromatic rings. The lowest BCUT2D eigenvalue weighted by Crippen LogP contribution is -2.47. The standard InChI is InChI=1S/C14H19ClN2O2/c1-10(2)17(9-12-7-5-4-6-8-12)14(19)16-13(18)11(3)15/h4-8,10-11H,9H2,1-3H3,(H,16,18,19). The summed E-state index contributed by atoms with van der Waals surface area (Å²) in [6.45, 7) is 5.78. The van der Waals surface area contributed by atoms with Crippen LogP contribution in [0.15, 0.2) is 30.3 Å². The first-order valence-corrected chi connectivity index (χ1v) is 6.65. The Kier molecular flexibility index (Phi) is 5.83. The van der Waals surface area contributed by atoms with Gasteiger partial charge in [-0.05, 0) is 26.3 Å². The predicted octanol–water partition coefficient (Wildman–Crippen LogP) is 2.76. The number of carbonyl (C=O) groups excluding carboxylic acids is 2. The Hall–Kier alpha value is -1.55. The number of hydrogen-bond acceptors (Lipinski definition) is 2. The molecule has 0 heterocycles. The van der Waals surface area contributed by atoms with Crippen molar-refractivity contribution in [3.05, 3.63) is 35.9 Å². The van der Waals surface area contributed by atoms with E-state index in [1.807, 2.05) is 44.2 Å². The minimum absolute atomic E-state index is 0.0152. The summed E-state index contributed by atoms with van der Waals surface area (Å²) >= 11 is 5.63. The zero-order chi connectivity index (χ0) is 14.4. The van der Waals surface area contributed by atoms with Crippen molar-refractivity contribution in [2.45, 2.75) is 38.7 Å². The van der Waals surface area contributed by atoms with Crippen LogP contribution in [0.3, 0.4) is 0 Å². The van der Waals surface area contributed by atoms with Gasteiger partial charge in [-0.1, -0.05) is 30.3 Å². The normalized spacial score (nSPS) is 12.1. The van der Waals surface area contributed by atoms with Crippen LogP contribution in [0.25, 0.3) is 0 Å². The summed E-state index contributed by atoms with van der Waals surface area (Å²) in [6, 6.07) is 9.19. The quantitative estimate of drug-likeness (QED) is 0.863. The number of hydrogen-bond donors (Lipinski definition) is 1. The van der Waals surface area contributed by atoms with Gasteiger partial charge >= 0.3 is 6.03 Å². The van der Waals surface area contributed by atoms with Crippen molar-refractivity contribution in [1.29, 1.82) is 0 Å². The molecule has 0 aliphatic heterocycles. The van der Waals surface area contributed by atoms with Gasteiger partial charge in [-0.2, -0.15) is 0 Å². The second kappa shape index (κ2) is 7.14. The van der Waals surface area contributed by atoms with E-state index in [1.54, 1.807) is 4.90 Å². The Balaban J connectivity index is 2.72. The lowest BCUT2D eigenvalue weighted by atomic mass is 10.2. The van der Waals surface area contributed by atoms with Crippen molar-refractivity contribution in [1.82, 2.24) is 10.2 Å². The Morgan fingerprint density at radius 2 is 1.79 bits per heavy atom. The highest BCUT2D eigenvalue weighted by molar-refractivity contribution is 6.31. The first-order chi connectivity index (χ1) is 8.91. The SMILES string of the molecule is CC(Cl)C(=O)NC(=O)N(Cc1ccccc1)C(C)C. The smallest absolute Gasteiger partial charge is 0.318 e. The molecule has 5 heteroatoms. The first kappa shape index (κ1) is 15.5. The fourth-order valence-corrected chi connectivity index (χ4v) is 1.60. The van der Waals surface area contributed by atoms with E-state index >= 15 is 0 Å². The number of imide groups is 1. The number of urea groups is 1. The van der Waals surface area contributed by atoms with Crippen LogP contribution < -0.4 is 5.32 Å². The maximum absolute atomic E-state index is 12.0. The number of nitrogens with zero attached hydrogens (tertiary/aromatic N) is 1. The molecule has 104 valence electrons. The molecule has 3 amide bonds. The van der Waals surface area contributed by atoms with E-state index in [1.165, 1.54) is 6.92 Å². The number of benzene rings is 1. The van der Waals surface area contributed by atoms with E-state index in [4.69, 9.17) is 11.6 Å². The lowest BCUT2D eigenvalue weighted by Gasteiger charge is -2.26. The molecule has 0 spiro atoms. The molecule has 4 nitrogen and oxygen atoms in total. The van der Waals surface area contributed by atoms with Gasteiger partial charge in [-0.25, -0.2) is 4.79 Å². The van der Waals surface area contributed by atoms with Gasteiger partial charge in [0, 0.05) is 12.6 Å². The summed E-state index contributed by atoms with van der Waals surface area (Å²) in [5.74, 6) is -0.481. The van der Waals surface area contributed by atoms with E-state index in [0.29, 0.717) is 6.54 Å². The molecule has 0 aliphatic carbocycles. The summed E-state index contributed by atoms with van der Waals surface area (Å²) < 4.78 is 0. The highest BCUT2D eigenvalue weighted by Crippen LogP contribution is 2.08. The number of rotatable bonds is 4. The molecule has 1 atom stereocenters. The Labute approximate surface area is 118 Å². The molecule has 1 rings (SSSR count). The summed E-state index contributed by atoms with van der Waals surface area (Å²) in [7, 11) is 0. The molecule has 1 N–H and O–H groups in total. The van der Waals surface area contributed by atoms with Gasteiger partial charge in [0.05, 0.1) is 0 Å². The van der Waals surface area contributed by atoms with Crippen LogP contribution >= 0.6 is 11.6 Å². The second-order valence-electron chi connectivity index (χ2n) is 4.62. The van der Waals surface area contributed by atoms with Crippen LogP contribution in [0.2, 0.25) is 0 Å². The maximum Gasteiger partial charge on any atom is 0.324 e. The van der Waals surface area contributed by atoms with Crippen molar-refractivity contribution < 1.29 is 9.59 Å². The average molecular weight is 283 g/mol. The van der Waals surface area contributed by atoms with Crippen LogP contribution in [0.4, 0.5) is 4.79 Å². The number of amides is 3. The summed E-state index contributed by atoms with van der Waals surface area (Å²) in [4.78, 5) is 25.1. The largest absolute Gasteiger partial charge is 0.324 e. The third kappa shape index (κ3) is 4.91. The molecule has 1 unspecified atom stereocenters. The molecule has 0 saturated carbocycles. The molecular formula is C14H19ClN2O2. The van der Waals surface area contributed by atoms with Crippen LogP contribution in [0, 0.1) is 0 Å². The van der Waals surface area contributed by atoms with Crippen LogP contribution in [-0.4, -0.2) is 28.3 Å². The van der Waals surface area contributed by atoms with Crippen molar-refractivity contribution in [3.63, 3.8) is 0 Å². The molecule has 0 saturated heterocycles. The highest BCUT2D eigenvalue weighted by atomic mass is 35.5. The van der Waals surface area contributed by atoms with Gasteiger partial charge in [0.25, 0.3) is 0 Å². The van der Waals surface area contributed by atoms with Gasteiger partial charge in [0.1, 0.15) is 5.38 Å². The van der Waals surface area contributed by atoms with E-state index in [9.17, 15) is 9.59 Å². The third-order valence-corrected chi connectivity index (χ3v) is 2.87. The molecule has 0 radical (unpaired) electrons. The monoisotopic (exact) mass is 282 g/mol. The van der Waals surface area contributed by atoms with E-state index < -0.39 is 17.3 Å². The van der Waals surface area contributed by atoms with Crippen LogP contribution in [-0.2, 0) is 11.3 Å². The molecule has 0 bridgehead atoms. The third-order valence-electron chi connectivity index (χ3n) is 2.67. The van der Waals surface area contributed by atoms with E-state index in [0.717, 1.165) is 5.56 Å². The lowest BCUT2D eigenvalue weighted by molar-refractivity contribution is -0.119. The molecule has 0 aromatic heterocycles. The summed E-state index contributed by atoms with van der Waals surface area (Å²) in [5.41, 5.74) is 1.01. The van der Waals surface area contributed by atoms with E-state index in [-0.39, 0.29) is 6.04 Å². The van der Waals surface area contributed by atoms with Gasteiger partial charge in [0.15, 0.2) is 0 Å². The van der Waals surface area contributed by atoms with Crippen molar-refractivity contribution in [2.75, 3.05) is 0 Å². The van der Waals surface area contributed by atoms with E-state index in [2.05, 4.69) is 5.32 Å². The fourth-order valence-electron chi connectivity index (χ4n) is 1.55. The number of alkyl halides is 1. The fraction of sp³-hybridized carbons (Fsp3) is 0.429. The van der Waals surface area contributed by atoms with Crippen molar-refractivity contribution >= 4 is 23.5 Å². The average Bonchev–Trinajstić information content (AvgIpc) is 2.36. The topological polar surface area (TPSA) is 49.4 Å². The van der Waals surface area contributed by atoms with Crippen molar-refractivity contribution in [2.24, 2.45) is 0 Å². The Morgan fingerprint density at radius 3 is 2.26 bits per heavy atom. The molecular weight excluding hydrogens is 264 g/mol. The second-order valence-corrected chi connectivity index (χ2v) is 5.27. The van der Waals surface area contributed by atoms with Crippen molar-refractivity contribution in [3.8, 4) is 0 Å². The minimum atomic E-state index is -0.727. The number of carbonyl (C=O) groups is 2. The zero-order valence-electron chi connectivity index (χ0n) is 11.4. The van der Waals surface area contributed by atoms with Gasteiger partial charge in [-0.15, -0.1) is 11.6 Å². The molecule has 0 fully saturated rings. The Bertz CT molecular complexity index is 432. The number of halogens is 1. The molecule has 19 heavy (non-hydrogen) atoms. The summed E-state index contributed by atoms with van der Waals surface area (Å²) in [6.07, 6.45) is 0. The molecule has 1 aromatic carbocycles. The predicted molar refractivity (Wildman–Crippen MR) is 76.0 cm³/mol. The zero-order valence-corrected chi connectivity index (χ0v) is 12.1. The summed E-state index contributed by atoms with van der Waals surface area (Å²) in [5, 5.41) is 1.57. The van der Waals surface area contributed by atoms with Gasteiger partial charge in [-0.3, -0.25) is 10.1 Å². The van der Waals surface area contributed by atoms with Crippen LogP contribution in [0.1, 0.15) is 26.3 Å². The maximum atomic E-state index is 12.0. The van der Waals surface area contributed by atoms with Gasteiger partial charge < -0.3 is 4.90 Å². The minimum Gasteiger partial charge on any atom is -0.318 e. The Morgan fingerprint density at radius 1 is 1.21 bits per heavy atom. The first-order valence-electron chi connectivity index (χ1n) is 6.21. The van der Waals surface area contributed by atoms with Crippen LogP contribution in [0.5, 0.6) is 0 Å². The highest BCUT2D eigenvalue weighted by Gasteiger charge is 2.21.